The highest BCUT2D eigenvalue weighted by molar-refractivity contribution is 9.10. The van der Waals surface area contributed by atoms with Crippen LogP contribution in [-0.2, 0) is 0 Å². The van der Waals surface area contributed by atoms with Crippen LogP contribution in [-0.4, -0.2) is 24.6 Å². The van der Waals surface area contributed by atoms with Crippen LogP contribution in [0.3, 0.4) is 0 Å². The number of pyridine rings is 1. The van der Waals surface area contributed by atoms with Crippen LogP contribution >= 0.6 is 15.9 Å². The smallest absolute Gasteiger partial charge is 0.344 e. The van der Waals surface area contributed by atoms with Crippen molar-refractivity contribution in [1.82, 2.24) is 24.6 Å². The predicted molar refractivity (Wildman–Crippen MR) is 132 cm³/mol. The van der Waals surface area contributed by atoms with Crippen molar-refractivity contribution in [3.8, 4) is 23.0 Å². The molecule has 0 bridgehead atoms. The van der Waals surface area contributed by atoms with E-state index in [4.69, 9.17) is 14.1 Å². The lowest BCUT2D eigenvalue weighted by atomic mass is 9.84. The maximum Gasteiger partial charge on any atom is 0.344 e. The van der Waals surface area contributed by atoms with E-state index in [0.717, 1.165) is 15.6 Å². The van der Waals surface area contributed by atoms with Gasteiger partial charge in [-0.15, -0.1) is 5.10 Å². The maximum atomic E-state index is 13.4. The number of benzene rings is 2. The summed E-state index contributed by atoms with van der Waals surface area (Å²) in [5.41, 5.74) is 3.27. The average molecular weight is 524 g/mol. The molecule has 4 aromatic heterocycles. The lowest BCUT2D eigenvalue weighted by Gasteiger charge is -2.27. The highest BCUT2D eigenvalue weighted by Gasteiger charge is 2.37. The molecule has 0 amide bonds. The molecule has 8 nitrogen and oxygen atoms in total. The number of halogens is 1. The van der Waals surface area contributed by atoms with E-state index >= 15 is 0 Å². The fraction of sp³-hybridized carbons (Fsp3) is 0.0385. The summed E-state index contributed by atoms with van der Waals surface area (Å²) in [4.78, 5) is 26.8. The normalized spacial score (nSPS) is 14.5. The van der Waals surface area contributed by atoms with Crippen molar-refractivity contribution in [3.63, 3.8) is 0 Å². The predicted octanol–water partition coefficient (Wildman–Crippen LogP) is 5.34. The summed E-state index contributed by atoms with van der Waals surface area (Å²) >= 11 is 3.56. The van der Waals surface area contributed by atoms with E-state index in [0.29, 0.717) is 45.2 Å². The standard InChI is InChI=1S/C26H14BrN5O3/c27-16-5-3-4-15(12-16)19-20-22(17-6-1-2-7-18(17)34-26(20)33)35-25-21(19)24-30-23(31-32(24)13-29-25)14-8-10-28-11-9-14/h1-13,19H. The Morgan fingerprint density at radius 1 is 0.971 bits per heavy atom. The molecule has 6 aromatic rings. The van der Waals surface area contributed by atoms with Crippen molar-refractivity contribution in [2.75, 3.05) is 0 Å². The molecule has 0 aliphatic carbocycles. The molecule has 2 aromatic carbocycles. The zero-order chi connectivity index (χ0) is 23.5. The molecule has 1 aliphatic rings. The second-order valence-corrected chi connectivity index (χ2v) is 9.04. The van der Waals surface area contributed by atoms with Gasteiger partial charge < -0.3 is 9.15 Å². The first kappa shape index (κ1) is 20.0. The number of hydrogen-bond donors (Lipinski definition) is 0. The summed E-state index contributed by atoms with van der Waals surface area (Å²) in [7, 11) is 0. The molecule has 7 rings (SSSR count). The minimum Gasteiger partial charge on any atom is -0.437 e. The highest BCUT2D eigenvalue weighted by Crippen LogP contribution is 2.49. The molecule has 9 heteroatoms. The number of rotatable bonds is 2. The average Bonchev–Trinajstić information content (AvgIpc) is 3.33. The first-order valence-electron chi connectivity index (χ1n) is 10.8. The van der Waals surface area contributed by atoms with E-state index in [2.05, 4.69) is 31.0 Å². The largest absolute Gasteiger partial charge is 0.437 e. The number of hydrogen-bond acceptors (Lipinski definition) is 7. The monoisotopic (exact) mass is 523 g/mol. The van der Waals surface area contributed by atoms with E-state index in [-0.39, 0.29) is 0 Å². The van der Waals surface area contributed by atoms with Gasteiger partial charge in [0.25, 0.3) is 0 Å². The molecule has 5 heterocycles. The minimum atomic E-state index is -0.530. The molecule has 0 spiro atoms. The first-order chi connectivity index (χ1) is 17.2. The number of nitrogens with zero attached hydrogens (tertiary/aromatic N) is 5. The first-order valence-corrected chi connectivity index (χ1v) is 11.6. The van der Waals surface area contributed by atoms with E-state index in [9.17, 15) is 4.79 Å². The third kappa shape index (κ3) is 3.08. The van der Waals surface area contributed by atoms with Gasteiger partial charge in [0, 0.05) is 22.4 Å². The summed E-state index contributed by atoms with van der Waals surface area (Å²) in [5.74, 6) is 0.809. The molecule has 1 unspecified atom stereocenters. The van der Waals surface area contributed by atoms with Gasteiger partial charge in [-0.25, -0.2) is 19.3 Å². The number of para-hydroxylation sites is 1. The van der Waals surface area contributed by atoms with Gasteiger partial charge in [0.05, 0.1) is 22.4 Å². The van der Waals surface area contributed by atoms with E-state index in [1.807, 2.05) is 54.6 Å². The van der Waals surface area contributed by atoms with Gasteiger partial charge in [0.1, 0.15) is 11.9 Å². The Morgan fingerprint density at radius 3 is 2.69 bits per heavy atom. The molecule has 0 radical (unpaired) electrons. The van der Waals surface area contributed by atoms with Crippen molar-refractivity contribution in [3.05, 3.63) is 111 Å². The Bertz CT molecular complexity index is 1830. The van der Waals surface area contributed by atoms with Crippen molar-refractivity contribution in [2.45, 2.75) is 5.92 Å². The molecule has 0 saturated carbocycles. The molecular formula is C26H14BrN5O3. The second kappa shape index (κ2) is 7.57. The van der Waals surface area contributed by atoms with Crippen molar-refractivity contribution >= 4 is 32.5 Å². The van der Waals surface area contributed by atoms with Crippen LogP contribution in [0.25, 0.3) is 28.0 Å². The van der Waals surface area contributed by atoms with Crippen LogP contribution in [0.2, 0.25) is 0 Å². The van der Waals surface area contributed by atoms with Crippen LogP contribution in [0.1, 0.15) is 22.6 Å². The van der Waals surface area contributed by atoms with Crippen molar-refractivity contribution < 1.29 is 9.15 Å². The van der Waals surface area contributed by atoms with Gasteiger partial charge in [-0.2, -0.15) is 0 Å². The molecule has 1 aliphatic heterocycles. The zero-order valence-electron chi connectivity index (χ0n) is 17.9. The van der Waals surface area contributed by atoms with Crippen LogP contribution < -0.4 is 10.4 Å². The molecule has 35 heavy (non-hydrogen) atoms. The van der Waals surface area contributed by atoms with E-state index < -0.39 is 11.5 Å². The molecule has 168 valence electrons. The Hall–Kier alpha value is -4.37. The second-order valence-electron chi connectivity index (χ2n) is 8.12. The van der Waals surface area contributed by atoms with Gasteiger partial charge in [0.15, 0.2) is 17.2 Å². The van der Waals surface area contributed by atoms with Crippen LogP contribution in [0.5, 0.6) is 11.6 Å². The minimum absolute atomic E-state index is 0.374. The summed E-state index contributed by atoms with van der Waals surface area (Å²) < 4.78 is 14.5. The zero-order valence-corrected chi connectivity index (χ0v) is 19.5. The Kier molecular flexibility index (Phi) is 4.34. The van der Waals surface area contributed by atoms with E-state index in [1.165, 1.54) is 0 Å². The fourth-order valence-electron chi connectivity index (χ4n) is 4.57. The van der Waals surface area contributed by atoms with E-state index in [1.54, 1.807) is 29.3 Å². The summed E-state index contributed by atoms with van der Waals surface area (Å²) in [6.07, 6.45) is 4.95. The molecule has 0 N–H and O–H groups in total. The van der Waals surface area contributed by atoms with Gasteiger partial charge in [0.2, 0.25) is 5.88 Å². The van der Waals surface area contributed by atoms with Crippen molar-refractivity contribution in [1.29, 1.82) is 0 Å². The van der Waals surface area contributed by atoms with Gasteiger partial charge in [-0.05, 0) is 42.0 Å². The van der Waals surface area contributed by atoms with Crippen LogP contribution in [0.4, 0.5) is 0 Å². The molecule has 0 fully saturated rings. The maximum absolute atomic E-state index is 13.4. The Balaban J connectivity index is 1.57. The SMILES string of the molecule is O=c1oc2ccccc2c2c1C(c1cccc(Br)c1)c1c(ncn3nc(-c4ccncc4)nc13)O2. The van der Waals surface area contributed by atoms with Crippen molar-refractivity contribution in [2.24, 2.45) is 0 Å². The molecule has 0 saturated heterocycles. The number of aromatic nitrogens is 5. The third-order valence-corrected chi connectivity index (χ3v) is 6.58. The quantitative estimate of drug-likeness (QED) is 0.282. The lowest BCUT2D eigenvalue weighted by molar-refractivity contribution is 0.422. The Morgan fingerprint density at radius 2 is 1.83 bits per heavy atom. The molecule has 1 atom stereocenters. The highest BCUT2D eigenvalue weighted by atomic mass is 79.9. The summed E-state index contributed by atoms with van der Waals surface area (Å²) in [6.45, 7) is 0. The topological polar surface area (TPSA) is 95.4 Å². The Labute approximate surface area is 206 Å². The molecular weight excluding hydrogens is 510 g/mol. The third-order valence-electron chi connectivity index (χ3n) is 6.08. The van der Waals surface area contributed by atoms with Gasteiger partial charge in [-0.1, -0.05) is 40.2 Å². The van der Waals surface area contributed by atoms with Gasteiger partial charge >= 0.3 is 5.63 Å². The fourth-order valence-corrected chi connectivity index (χ4v) is 4.99. The van der Waals surface area contributed by atoms with Crippen LogP contribution in [0, 0.1) is 0 Å². The summed E-state index contributed by atoms with van der Waals surface area (Å²) in [5, 5.41) is 5.32. The number of fused-ring (bicyclic) bond motifs is 6. The van der Waals surface area contributed by atoms with Gasteiger partial charge in [-0.3, -0.25) is 4.98 Å². The van der Waals surface area contributed by atoms with Crippen LogP contribution in [0.15, 0.2) is 93.1 Å². The summed E-state index contributed by atoms with van der Waals surface area (Å²) in [6, 6.07) is 18.8. The number of ether oxygens (including phenoxy) is 1. The lowest BCUT2D eigenvalue weighted by Crippen LogP contribution is -2.22.